The molecule has 1 saturated heterocycles. The molecule has 1 fully saturated rings. The molecule has 3 aromatic rings. The molecule has 1 aliphatic heterocycles. The molecule has 2 N–H and O–H groups in total. The lowest BCUT2D eigenvalue weighted by molar-refractivity contribution is 0.227. The third kappa shape index (κ3) is 4.51. The Morgan fingerprint density at radius 1 is 1.00 bits per heavy atom. The molecule has 4 rings (SSSR count). The minimum absolute atomic E-state index is 0.154. The van der Waals surface area contributed by atoms with Gasteiger partial charge in [-0.05, 0) is 55.1 Å². The third-order valence-electron chi connectivity index (χ3n) is 5.58. The number of benzene rings is 3. The molecule has 0 aromatic heterocycles. The molecule has 5 heteroatoms. The van der Waals surface area contributed by atoms with E-state index in [-0.39, 0.29) is 12.1 Å². The Bertz CT molecular complexity index is 960. The van der Waals surface area contributed by atoms with Gasteiger partial charge >= 0.3 is 6.03 Å². The van der Waals surface area contributed by atoms with Crippen LogP contribution in [0.5, 0.6) is 5.75 Å². The predicted molar refractivity (Wildman–Crippen MR) is 118 cm³/mol. The van der Waals surface area contributed by atoms with E-state index >= 15 is 0 Å². The molecule has 0 spiro atoms. The molecular weight excluding hydrogens is 362 g/mol. The zero-order valence-corrected chi connectivity index (χ0v) is 16.7. The Morgan fingerprint density at radius 3 is 2.48 bits per heavy atom. The van der Waals surface area contributed by atoms with Crippen molar-refractivity contribution in [1.82, 2.24) is 10.2 Å². The number of urea groups is 1. The number of anilines is 1. The van der Waals surface area contributed by atoms with E-state index in [9.17, 15) is 4.79 Å². The number of likely N-dealkylation sites (tertiary alicyclic amines) is 1. The van der Waals surface area contributed by atoms with Gasteiger partial charge in [0.15, 0.2) is 0 Å². The van der Waals surface area contributed by atoms with Gasteiger partial charge in [0.05, 0.1) is 18.8 Å². The van der Waals surface area contributed by atoms with Crippen LogP contribution in [-0.2, 0) is 0 Å². The fraction of sp³-hybridized carbons (Fsp3) is 0.292. The Morgan fingerprint density at radius 2 is 1.72 bits per heavy atom. The summed E-state index contributed by atoms with van der Waals surface area (Å²) in [6, 6.07) is 22.1. The van der Waals surface area contributed by atoms with Crippen LogP contribution in [0.15, 0.2) is 66.7 Å². The van der Waals surface area contributed by atoms with Crippen molar-refractivity contribution in [3.05, 3.63) is 72.3 Å². The molecule has 0 aliphatic carbocycles. The van der Waals surface area contributed by atoms with Gasteiger partial charge in [-0.25, -0.2) is 4.79 Å². The van der Waals surface area contributed by atoms with Crippen molar-refractivity contribution >= 4 is 22.5 Å². The van der Waals surface area contributed by atoms with E-state index in [1.807, 2.05) is 54.6 Å². The first-order chi connectivity index (χ1) is 14.2. The molecule has 3 aromatic carbocycles. The molecule has 1 heterocycles. The van der Waals surface area contributed by atoms with Crippen molar-refractivity contribution in [2.24, 2.45) is 0 Å². The molecule has 2 amide bonds. The lowest BCUT2D eigenvalue weighted by Crippen LogP contribution is -2.38. The lowest BCUT2D eigenvalue weighted by Gasteiger charge is -2.28. The summed E-state index contributed by atoms with van der Waals surface area (Å²) in [5.74, 6) is 0.843. The van der Waals surface area contributed by atoms with Crippen LogP contribution in [-0.4, -0.2) is 37.7 Å². The van der Waals surface area contributed by atoms with Crippen LogP contribution in [0, 0.1) is 0 Å². The van der Waals surface area contributed by atoms with Gasteiger partial charge in [0, 0.05) is 11.9 Å². The number of amides is 2. The van der Waals surface area contributed by atoms with Crippen molar-refractivity contribution in [3.8, 4) is 5.75 Å². The second-order valence-corrected chi connectivity index (χ2v) is 7.39. The number of nitrogens with one attached hydrogen (secondary N) is 2. The summed E-state index contributed by atoms with van der Waals surface area (Å²) in [7, 11) is 1.67. The monoisotopic (exact) mass is 389 g/mol. The number of nitrogens with zero attached hydrogens (tertiary/aromatic N) is 1. The summed E-state index contributed by atoms with van der Waals surface area (Å²) in [6.45, 7) is 2.68. The molecule has 150 valence electrons. The Kier molecular flexibility index (Phi) is 5.96. The lowest BCUT2D eigenvalue weighted by atomic mass is 10.1. The zero-order chi connectivity index (χ0) is 20.1. The van der Waals surface area contributed by atoms with Crippen LogP contribution in [0.2, 0.25) is 0 Å². The van der Waals surface area contributed by atoms with Gasteiger partial charge in [-0.2, -0.15) is 0 Å². The fourth-order valence-electron chi connectivity index (χ4n) is 4.03. The summed E-state index contributed by atoms with van der Waals surface area (Å²) in [4.78, 5) is 15.1. The number of hydrogen-bond donors (Lipinski definition) is 2. The second-order valence-electron chi connectivity index (χ2n) is 7.39. The summed E-state index contributed by atoms with van der Waals surface area (Å²) < 4.78 is 5.28. The standard InChI is InChI=1S/C24H27N3O2/c1-29-20-13-11-19(12-14-20)23(27-15-4-5-16-27)17-25-24(28)26-22-10-6-8-18-7-2-3-9-21(18)22/h2-3,6-14,23H,4-5,15-17H2,1H3,(H2,25,26,28)/t23-/m0/s1. The van der Waals surface area contributed by atoms with Crippen LogP contribution in [0.3, 0.4) is 0 Å². The number of carbonyl (C=O) groups excluding carboxylic acids is 1. The topological polar surface area (TPSA) is 53.6 Å². The van der Waals surface area contributed by atoms with Crippen molar-refractivity contribution in [2.75, 3.05) is 32.1 Å². The highest BCUT2D eigenvalue weighted by Gasteiger charge is 2.24. The largest absolute Gasteiger partial charge is 0.497 e. The number of carbonyl (C=O) groups is 1. The van der Waals surface area contributed by atoms with E-state index < -0.39 is 0 Å². The summed E-state index contributed by atoms with van der Waals surface area (Å²) in [5, 5.41) is 8.24. The predicted octanol–water partition coefficient (Wildman–Crippen LogP) is 4.81. The Labute approximate surface area is 171 Å². The van der Waals surface area contributed by atoms with Gasteiger partial charge < -0.3 is 15.4 Å². The molecule has 1 aliphatic rings. The SMILES string of the molecule is COc1ccc([C@H](CNC(=O)Nc2cccc3ccccc23)N2CCCC2)cc1. The maximum Gasteiger partial charge on any atom is 0.319 e. The minimum atomic E-state index is -0.181. The van der Waals surface area contributed by atoms with E-state index in [0.29, 0.717) is 6.54 Å². The zero-order valence-electron chi connectivity index (χ0n) is 16.7. The number of fused-ring (bicyclic) bond motifs is 1. The molecule has 29 heavy (non-hydrogen) atoms. The van der Waals surface area contributed by atoms with Gasteiger partial charge in [-0.15, -0.1) is 0 Å². The fourth-order valence-corrected chi connectivity index (χ4v) is 4.03. The summed E-state index contributed by atoms with van der Waals surface area (Å²) in [5.41, 5.74) is 2.01. The summed E-state index contributed by atoms with van der Waals surface area (Å²) >= 11 is 0. The minimum Gasteiger partial charge on any atom is -0.497 e. The average Bonchev–Trinajstić information content (AvgIpc) is 3.29. The van der Waals surface area contributed by atoms with Crippen molar-refractivity contribution in [2.45, 2.75) is 18.9 Å². The third-order valence-corrected chi connectivity index (χ3v) is 5.58. The van der Waals surface area contributed by atoms with Crippen molar-refractivity contribution in [3.63, 3.8) is 0 Å². The molecule has 0 radical (unpaired) electrons. The van der Waals surface area contributed by atoms with E-state index in [2.05, 4.69) is 27.7 Å². The van der Waals surface area contributed by atoms with Crippen LogP contribution in [0.4, 0.5) is 10.5 Å². The summed E-state index contributed by atoms with van der Waals surface area (Å²) in [6.07, 6.45) is 2.41. The Balaban J connectivity index is 1.45. The smallest absolute Gasteiger partial charge is 0.319 e. The number of rotatable bonds is 6. The van der Waals surface area contributed by atoms with E-state index in [1.165, 1.54) is 18.4 Å². The number of ether oxygens (including phenoxy) is 1. The number of methoxy groups -OCH3 is 1. The van der Waals surface area contributed by atoms with Gasteiger partial charge in [0.2, 0.25) is 0 Å². The number of hydrogen-bond acceptors (Lipinski definition) is 3. The normalized spacial score (nSPS) is 15.2. The van der Waals surface area contributed by atoms with Gasteiger partial charge in [-0.3, -0.25) is 4.90 Å². The quantitative estimate of drug-likeness (QED) is 0.636. The van der Waals surface area contributed by atoms with Crippen LogP contribution < -0.4 is 15.4 Å². The molecule has 0 unspecified atom stereocenters. The molecular formula is C24H27N3O2. The van der Waals surface area contributed by atoms with E-state index in [1.54, 1.807) is 7.11 Å². The highest BCUT2D eigenvalue weighted by atomic mass is 16.5. The van der Waals surface area contributed by atoms with Crippen LogP contribution in [0.1, 0.15) is 24.4 Å². The van der Waals surface area contributed by atoms with Crippen molar-refractivity contribution < 1.29 is 9.53 Å². The van der Waals surface area contributed by atoms with Crippen molar-refractivity contribution in [1.29, 1.82) is 0 Å². The first kappa shape index (κ1) is 19.3. The van der Waals surface area contributed by atoms with Gasteiger partial charge in [0.1, 0.15) is 5.75 Å². The molecule has 1 atom stereocenters. The average molecular weight is 389 g/mol. The maximum absolute atomic E-state index is 12.6. The Hall–Kier alpha value is -3.05. The van der Waals surface area contributed by atoms with E-state index in [4.69, 9.17) is 4.74 Å². The molecule has 5 nitrogen and oxygen atoms in total. The molecule has 0 bridgehead atoms. The molecule has 0 saturated carbocycles. The van der Waals surface area contributed by atoms with Gasteiger partial charge in [-0.1, -0.05) is 48.5 Å². The maximum atomic E-state index is 12.6. The highest BCUT2D eigenvalue weighted by Crippen LogP contribution is 2.27. The first-order valence-electron chi connectivity index (χ1n) is 10.2. The highest BCUT2D eigenvalue weighted by molar-refractivity contribution is 6.01. The second kappa shape index (κ2) is 8.97. The van der Waals surface area contributed by atoms with E-state index in [0.717, 1.165) is 35.3 Å². The van der Waals surface area contributed by atoms with Gasteiger partial charge in [0.25, 0.3) is 0 Å². The first-order valence-corrected chi connectivity index (χ1v) is 10.2. The van der Waals surface area contributed by atoms with Crippen LogP contribution in [0.25, 0.3) is 10.8 Å². The van der Waals surface area contributed by atoms with Crippen LogP contribution >= 0.6 is 0 Å².